The Balaban J connectivity index is 1.53. The van der Waals surface area contributed by atoms with Crippen molar-refractivity contribution < 1.29 is 9.66 Å². The van der Waals surface area contributed by atoms with Crippen LogP contribution in [0.15, 0.2) is 34.1 Å². The van der Waals surface area contributed by atoms with E-state index in [0.717, 1.165) is 55.0 Å². The third kappa shape index (κ3) is 3.91. The largest absolute Gasteiger partial charge is 0.376 e. The van der Waals surface area contributed by atoms with Gasteiger partial charge in [-0.15, -0.1) is 11.8 Å². The van der Waals surface area contributed by atoms with E-state index in [1.54, 1.807) is 12.1 Å². The monoisotopic (exact) mass is 387 g/mol. The molecule has 1 aliphatic heterocycles. The molecule has 0 spiro atoms. The van der Waals surface area contributed by atoms with E-state index in [1.807, 2.05) is 4.57 Å². The number of benzene rings is 1. The highest BCUT2D eigenvalue weighted by atomic mass is 32.2. The summed E-state index contributed by atoms with van der Waals surface area (Å²) in [5.41, 5.74) is 3.15. The molecule has 7 nitrogen and oxygen atoms in total. The quantitative estimate of drug-likeness (QED) is 0.328. The Hall–Kier alpha value is -2.19. The highest BCUT2D eigenvalue weighted by Crippen LogP contribution is 2.31. The Morgan fingerprint density at radius 2 is 2.07 bits per heavy atom. The zero-order valence-corrected chi connectivity index (χ0v) is 15.7. The second-order valence-corrected chi connectivity index (χ2v) is 7.90. The molecule has 2 aliphatic rings. The molecule has 1 aromatic heterocycles. The van der Waals surface area contributed by atoms with Gasteiger partial charge in [-0.25, -0.2) is 4.79 Å². The molecule has 1 fully saturated rings. The van der Waals surface area contributed by atoms with Gasteiger partial charge in [0.2, 0.25) is 0 Å². The summed E-state index contributed by atoms with van der Waals surface area (Å²) in [6, 6.07) is 6.52. The average molecular weight is 387 g/mol. The second kappa shape index (κ2) is 7.82. The van der Waals surface area contributed by atoms with E-state index in [0.29, 0.717) is 12.3 Å². The summed E-state index contributed by atoms with van der Waals surface area (Å²) in [6.45, 7) is 1.37. The van der Waals surface area contributed by atoms with Gasteiger partial charge in [-0.1, -0.05) is 12.1 Å². The number of nitro groups is 1. The summed E-state index contributed by atoms with van der Waals surface area (Å²) in [5.74, 6) is 0.632. The lowest BCUT2D eigenvalue weighted by Crippen LogP contribution is -2.31. The summed E-state index contributed by atoms with van der Waals surface area (Å²) in [5, 5.41) is 11.6. The number of fused-ring (bicyclic) bond motifs is 1. The Morgan fingerprint density at radius 3 is 2.78 bits per heavy atom. The van der Waals surface area contributed by atoms with Gasteiger partial charge >= 0.3 is 5.69 Å². The molecule has 0 N–H and O–H groups in total. The fourth-order valence-electron chi connectivity index (χ4n) is 3.75. The van der Waals surface area contributed by atoms with Crippen molar-refractivity contribution in [2.24, 2.45) is 0 Å². The number of aromatic nitrogens is 2. The molecule has 0 amide bonds. The van der Waals surface area contributed by atoms with Crippen molar-refractivity contribution in [3.05, 3.63) is 61.7 Å². The van der Waals surface area contributed by atoms with Crippen LogP contribution in [0.25, 0.3) is 0 Å². The van der Waals surface area contributed by atoms with Crippen molar-refractivity contribution in [2.45, 2.75) is 55.5 Å². The van der Waals surface area contributed by atoms with E-state index in [9.17, 15) is 14.9 Å². The van der Waals surface area contributed by atoms with Crippen LogP contribution in [-0.2, 0) is 29.9 Å². The number of hydrogen-bond donors (Lipinski definition) is 0. The molecule has 1 atom stereocenters. The number of hydrogen-bond acceptors (Lipinski definition) is 6. The van der Waals surface area contributed by atoms with Gasteiger partial charge < -0.3 is 4.74 Å². The van der Waals surface area contributed by atoms with Gasteiger partial charge in [0, 0.05) is 35.7 Å². The molecule has 1 saturated heterocycles. The maximum absolute atomic E-state index is 12.6. The molecule has 1 aliphatic carbocycles. The fraction of sp³-hybridized carbons (Fsp3) is 0.474. The van der Waals surface area contributed by atoms with Gasteiger partial charge in [-0.05, 0) is 37.7 Å². The van der Waals surface area contributed by atoms with Crippen molar-refractivity contribution >= 4 is 17.4 Å². The van der Waals surface area contributed by atoms with Gasteiger partial charge in [-0.3, -0.25) is 14.7 Å². The van der Waals surface area contributed by atoms with Gasteiger partial charge in [0.15, 0.2) is 0 Å². The number of nitrogens with zero attached hydrogens (tertiary/aromatic N) is 3. The van der Waals surface area contributed by atoms with E-state index >= 15 is 0 Å². The van der Waals surface area contributed by atoms with Crippen molar-refractivity contribution in [3.63, 3.8) is 0 Å². The predicted octanol–water partition coefficient (Wildman–Crippen LogP) is 3.11. The molecule has 1 aromatic carbocycles. The summed E-state index contributed by atoms with van der Waals surface area (Å²) >= 11 is 1.53. The minimum atomic E-state index is -0.404. The summed E-state index contributed by atoms with van der Waals surface area (Å²) in [7, 11) is 0. The Kier molecular flexibility index (Phi) is 5.27. The minimum absolute atomic E-state index is 0.0829. The normalized spacial score (nSPS) is 18.6. The van der Waals surface area contributed by atoms with Crippen LogP contribution in [0.1, 0.15) is 36.1 Å². The van der Waals surface area contributed by atoms with Crippen molar-refractivity contribution in [1.29, 1.82) is 0 Å². The predicted molar refractivity (Wildman–Crippen MR) is 102 cm³/mol. The SMILES string of the molecule is O=c1nc(SCc2ccc([N+](=O)[O-])cc2)c2c(n1C[C@H]1CCCO1)CCC2. The number of thioether (sulfide) groups is 1. The minimum Gasteiger partial charge on any atom is -0.376 e. The van der Waals surface area contributed by atoms with Crippen LogP contribution in [0.5, 0.6) is 0 Å². The van der Waals surface area contributed by atoms with Crippen molar-refractivity contribution in [2.75, 3.05) is 6.61 Å². The van der Waals surface area contributed by atoms with E-state index in [-0.39, 0.29) is 17.5 Å². The van der Waals surface area contributed by atoms with E-state index < -0.39 is 4.92 Å². The summed E-state index contributed by atoms with van der Waals surface area (Å²) < 4.78 is 7.51. The van der Waals surface area contributed by atoms with E-state index in [2.05, 4.69) is 4.98 Å². The summed E-state index contributed by atoms with van der Waals surface area (Å²) in [4.78, 5) is 27.3. The van der Waals surface area contributed by atoms with Crippen LogP contribution in [0.2, 0.25) is 0 Å². The highest BCUT2D eigenvalue weighted by Gasteiger charge is 2.25. The van der Waals surface area contributed by atoms with Gasteiger partial charge in [0.1, 0.15) is 5.03 Å². The molecule has 2 heterocycles. The first-order chi connectivity index (χ1) is 13.1. The summed E-state index contributed by atoms with van der Waals surface area (Å²) in [6.07, 6.45) is 5.06. The van der Waals surface area contributed by atoms with Crippen molar-refractivity contribution in [3.8, 4) is 0 Å². The van der Waals surface area contributed by atoms with Gasteiger partial charge in [0.05, 0.1) is 17.6 Å². The second-order valence-electron chi connectivity index (χ2n) is 6.94. The van der Waals surface area contributed by atoms with E-state index in [1.165, 1.54) is 29.5 Å². The topological polar surface area (TPSA) is 87.3 Å². The fourth-order valence-corrected chi connectivity index (χ4v) is 4.78. The Labute approximate surface area is 160 Å². The molecular formula is C19H21N3O4S. The maximum atomic E-state index is 12.6. The molecule has 0 unspecified atom stereocenters. The van der Waals surface area contributed by atoms with Gasteiger partial charge in [-0.2, -0.15) is 4.98 Å². The van der Waals surface area contributed by atoms with Crippen molar-refractivity contribution in [1.82, 2.24) is 9.55 Å². The molecule has 8 heteroatoms. The first kappa shape index (κ1) is 18.2. The molecular weight excluding hydrogens is 366 g/mol. The number of ether oxygens (including phenoxy) is 1. The third-order valence-corrected chi connectivity index (χ3v) is 6.22. The highest BCUT2D eigenvalue weighted by molar-refractivity contribution is 7.98. The average Bonchev–Trinajstić information content (AvgIpc) is 3.34. The molecule has 0 bridgehead atoms. The zero-order valence-electron chi connectivity index (χ0n) is 14.9. The molecule has 0 radical (unpaired) electrons. The van der Waals surface area contributed by atoms with Crippen LogP contribution < -0.4 is 5.69 Å². The van der Waals surface area contributed by atoms with Gasteiger partial charge in [0.25, 0.3) is 5.69 Å². The number of rotatable bonds is 6. The lowest BCUT2D eigenvalue weighted by atomic mass is 10.2. The number of non-ortho nitro benzene ring substituents is 1. The van der Waals surface area contributed by atoms with Crippen LogP contribution >= 0.6 is 11.8 Å². The van der Waals surface area contributed by atoms with Crippen LogP contribution in [0.4, 0.5) is 5.69 Å². The number of nitro benzene ring substituents is 1. The van der Waals surface area contributed by atoms with Crippen LogP contribution in [0.3, 0.4) is 0 Å². The third-order valence-electron chi connectivity index (χ3n) is 5.13. The first-order valence-corrected chi connectivity index (χ1v) is 10.2. The van der Waals surface area contributed by atoms with Crippen LogP contribution in [-0.4, -0.2) is 27.2 Å². The maximum Gasteiger partial charge on any atom is 0.348 e. The standard InChI is InChI=1S/C19H21N3O4S/c23-19-20-18(27-12-13-6-8-14(9-7-13)22(24)25)16-4-1-5-17(16)21(19)11-15-3-2-10-26-15/h6-9,15H,1-5,10-12H2/t15-/m1/s1. The molecule has 2 aromatic rings. The van der Waals surface area contributed by atoms with Crippen LogP contribution in [0, 0.1) is 10.1 Å². The molecule has 142 valence electrons. The molecule has 27 heavy (non-hydrogen) atoms. The smallest absolute Gasteiger partial charge is 0.348 e. The Morgan fingerprint density at radius 1 is 1.26 bits per heavy atom. The Bertz CT molecular complexity index is 904. The first-order valence-electron chi connectivity index (χ1n) is 9.22. The molecule has 0 saturated carbocycles. The molecule has 4 rings (SSSR count). The lowest BCUT2D eigenvalue weighted by Gasteiger charge is -2.17. The van der Waals surface area contributed by atoms with E-state index in [4.69, 9.17) is 4.74 Å². The lowest BCUT2D eigenvalue weighted by molar-refractivity contribution is -0.384. The zero-order chi connectivity index (χ0) is 18.8.